The fourth-order valence-electron chi connectivity index (χ4n) is 8.57. The number of aromatic nitrogens is 5. The number of rotatable bonds is 6. The van der Waals surface area contributed by atoms with Crippen LogP contribution >= 0.6 is 0 Å². The van der Waals surface area contributed by atoms with Crippen LogP contribution in [-0.4, -0.2) is 37.1 Å². The largest absolute Gasteiger partial charge is 0.507 e. The summed E-state index contributed by atoms with van der Waals surface area (Å²) in [5, 5.41) is 13.9. The molecule has 7 nitrogen and oxygen atoms in total. The van der Waals surface area contributed by atoms with Crippen LogP contribution in [0.5, 0.6) is 5.75 Å². The molecule has 314 valence electrons. The molecule has 0 radical (unpaired) electrons. The molecule has 0 spiro atoms. The van der Waals surface area contributed by atoms with E-state index in [1.165, 1.54) is 10.8 Å². The lowest BCUT2D eigenvalue weighted by atomic mass is 9.79. The average Bonchev–Trinajstić information content (AvgIpc) is 3.93. The highest BCUT2D eigenvalue weighted by Crippen LogP contribution is 2.46. The number of hydrogen-bond donors (Lipinski definition) is 1. The van der Waals surface area contributed by atoms with Gasteiger partial charge in [-0.25, -0.2) is 9.97 Å². The predicted molar refractivity (Wildman–Crippen MR) is 260 cm³/mol. The minimum atomic E-state index is -1.71. The van der Waals surface area contributed by atoms with Gasteiger partial charge in [0.05, 0.1) is 42.2 Å². The third-order valence-electron chi connectivity index (χ3n) is 12.2. The Balaban J connectivity index is 1.40. The molecule has 9 rings (SSSR count). The molecule has 0 saturated heterocycles. The van der Waals surface area contributed by atoms with Crippen molar-refractivity contribution in [2.75, 3.05) is 0 Å². The Bertz CT molecular complexity index is 3180. The second-order valence-electron chi connectivity index (χ2n) is 21.0. The van der Waals surface area contributed by atoms with E-state index in [9.17, 15) is 5.11 Å². The van der Waals surface area contributed by atoms with Crippen molar-refractivity contribution >= 4 is 41.1 Å². The Labute approximate surface area is 366 Å². The summed E-state index contributed by atoms with van der Waals surface area (Å²) in [6, 6.07) is 37.1. The van der Waals surface area contributed by atoms with Gasteiger partial charge in [0.2, 0.25) is 5.71 Å². The standard InChI is InChI=1S/C54H57N5O2Si/c1-52(2,3)36-26-34(25-35(27-36)47-49-45(23-24-56-47)61-46-31-55-32-58(46)49)39-19-16-20-44-48(39)57-51(41-28-37(53(4,5)6)29-42(50(41)60)54(7,8)9)59(44)43-22-21-38(62(10,11)12)30-40(43)33-17-14-13-15-18-33/h13-32,60H,1-12H3. The first kappa shape index (κ1) is 41.1. The summed E-state index contributed by atoms with van der Waals surface area (Å²) >= 11 is 0. The number of benzene rings is 5. The third kappa shape index (κ3) is 7.14. The SMILES string of the molecule is CC(C)(C)c1cc(-c2cccc3c2nc(-c2cc(C(C)(C)C)cc(C(C)(C)C)c2O)n3-c2ccc([Si](C)(C)C)cc2-c2ccccc2)cc(-c2nccc3oc4cncn4c23)c1. The molecule has 1 N–H and O–H groups in total. The molecular weight excluding hydrogens is 779 g/mol. The number of para-hydroxylation sites is 1. The molecular formula is C54H57N5O2Si. The fourth-order valence-corrected chi connectivity index (χ4v) is 9.73. The second-order valence-corrected chi connectivity index (χ2v) is 26.0. The molecule has 0 unspecified atom stereocenters. The predicted octanol–water partition coefficient (Wildman–Crippen LogP) is 13.6. The second kappa shape index (κ2) is 14.4. The van der Waals surface area contributed by atoms with E-state index in [0.29, 0.717) is 17.1 Å². The van der Waals surface area contributed by atoms with Gasteiger partial charge in [-0.05, 0) is 68.8 Å². The molecule has 0 atom stereocenters. The number of oxazole rings is 1. The molecule has 0 fully saturated rings. The average molecular weight is 836 g/mol. The van der Waals surface area contributed by atoms with Gasteiger partial charge >= 0.3 is 0 Å². The summed E-state index contributed by atoms with van der Waals surface area (Å²) in [5.41, 5.74) is 14.4. The molecule has 4 heterocycles. The fraction of sp³-hybridized carbons (Fsp3) is 0.278. The van der Waals surface area contributed by atoms with E-state index < -0.39 is 8.07 Å². The van der Waals surface area contributed by atoms with Crippen LogP contribution in [0, 0.1) is 0 Å². The Hall–Kier alpha value is -6.25. The molecule has 0 amide bonds. The number of aromatic hydroxyl groups is 1. The van der Waals surface area contributed by atoms with E-state index in [1.54, 1.807) is 12.5 Å². The first-order valence-electron chi connectivity index (χ1n) is 21.6. The Morgan fingerprint density at radius 2 is 1.35 bits per heavy atom. The monoisotopic (exact) mass is 835 g/mol. The summed E-state index contributed by atoms with van der Waals surface area (Å²) in [6.07, 6.45) is 5.33. The van der Waals surface area contributed by atoms with E-state index in [1.807, 2.05) is 16.7 Å². The smallest absolute Gasteiger partial charge is 0.224 e. The summed E-state index contributed by atoms with van der Waals surface area (Å²) in [5.74, 6) is 0.949. The van der Waals surface area contributed by atoms with Gasteiger partial charge in [-0.2, -0.15) is 0 Å². The van der Waals surface area contributed by atoms with Crippen molar-refractivity contribution in [3.8, 4) is 56.3 Å². The number of phenols is 1. The van der Waals surface area contributed by atoms with Crippen molar-refractivity contribution in [3.63, 3.8) is 0 Å². The van der Waals surface area contributed by atoms with Crippen LogP contribution in [0.15, 0.2) is 126 Å². The van der Waals surface area contributed by atoms with Crippen molar-refractivity contribution < 1.29 is 9.52 Å². The lowest BCUT2D eigenvalue weighted by molar-refractivity contribution is 0.446. The Kier molecular flexibility index (Phi) is 9.56. The molecule has 62 heavy (non-hydrogen) atoms. The molecule has 0 saturated carbocycles. The van der Waals surface area contributed by atoms with Crippen molar-refractivity contribution in [3.05, 3.63) is 139 Å². The maximum Gasteiger partial charge on any atom is 0.224 e. The number of imidazole rings is 2. The molecule has 0 aliphatic carbocycles. The lowest BCUT2D eigenvalue weighted by Crippen LogP contribution is -2.37. The lowest BCUT2D eigenvalue weighted by Gasteiger charge is -2.28. The Morgan fingerprint density at radius 3 is 2.05 bits per heavy atom. The highest BCUT2D eigenvalue weighted by atomic mass is 28.3. The topological polar surface area (TPSA) is 81.4 Å². The van der Waals surface area contributed by atoms with Gasteiger partial charge in [0.25, 0.3) is 0 Å². The maximum absolute atomic E-state index is 12.5. The van der Waals surface area contributed by atoms with Crippen molar-refractivity contribution in [1.29, 1.82) is 0 Å². The van der Waals surface area contributed by atoms with E-state index in [4.69, 9.17) is 14.4 Å². The van der Waals surface area contributed by atoms with E-state index in [-0.39, 0.29) is 22.0 Å². The van der Waals surface area contributed by atoms with Crippen LogP contribution in [0.25, 0.3) is 78.4 Å². The molecule has 4 aromatic heterocycles. The molecule has 0 aliphatic heterocycles. The molecule has 9 aromatic rings. The Morgan fingerprint density at radius 1 is 0.645 bits per heavy atom. The first-order valence-corrected chi connectivity index (χ1v) is 25.1. The zero-order valence-electron chi connectivity index (χ0n) is 38.1. The maximum atomic E-state index is 12.5. The normalized spacial score (nSPS) is 12.9. The number of hydrogen-bond acceptors (Lipinski definition) is 5. The van der Waals surface area contributed by atoms with Crippen LogP contribution in [0.4, 0.5) is 0 Å². The van der Waals surface area contributed by atoms with Crippen molar-refractivity contribution in [2.24, 2.45) is 0 Å². The number of phenolic OH excluding ortho intramolecular Hbond substituents is 1. The van der Waals surface area contributed by atoms with Crippen molar-refractivity contribution in [1.82, 2.24) is 23.9 Å². The summed E-state index contributed by atoms with van der Waals surface area (Å²) < 4.78 is 10.5. The quantitative estimate of drug-likeness (QED) is 0.169. The highest BCUT2D eigenvalue weighted by Gasteiger charge is 2.30. The summed E-state index contributed by atoms with van der Waals surface area (Å²) in [7, 11) is -1.71. The van der Waals surface area contributed by atoms with Gasteiger partial charge in [-0.15, -0.1) is 0 Å². The van der Waals surface area contributed by atoms with Gasteiger partial charge in [0.15, 0.2) is 5.58 Å². The van der Waals surface area contributed by atoms with Crippen LogP contribution in [-0.2, 0) is 16.2 Å². The first-order chi connectivity index (χ1) is 29.2. The van der Waals surface area contributed by atoms with Crippen LogP contribution < -0.4 is 5.19 Å². The number of nitrogens with zero attached hydrogens (tertiary/aromatic N) is 5. The summed E-state index contributed by atoms with van der Waals surface area (Å²) in [6.45, 7) is 27.1. The minimum Gasteiger partial charge on any atom is -0.507 e. The summed E-state index contributed by atoms with van der Waals surface area (Å²) in [4.78, 5) is 15.0. The molecule has 5 aromatic carbocycles. The highest BCUT2D eigenvalue weighted by molar-refractivity contribution is 6.88. The minimum absolute atomic E-state index is 0.178. The molecule has 0 aliphatic rings. The van der Waals surface area contributed by atoms with Crippen LogP contribution in [0.1, 0.15) is 79.0 Å². The van der Waals surface area contributed by atoms with Gasteiger partial charge in [0, 0.05) is 34.5 Å². The number of fused-ring (bicyclic) bond motifs is 4. The zero-order chi connectivity index (χ0) is 44.1. The van der Waals surface area contributed by atoms with Gasteiger partial charge in [0.1, 0.15) is 23.4 Å². The molecule has 8 heteroatoms. The van der Waals surface area contributed by atoms with Gasteiger partial charge < -0.3 is 9.52 Å². The number of pyridine rings is 1. The van der Waals surface area contributed by atoms with Gasteiger partial charge in [-0.1, -0.05) is 154 Å². The van der Waals surface area contributed by atoms with Crippen LogP contribution in [0.3, 0.4) is 0 Å². The van der Waals surface area contributed by atoms with Gasteiger partial charge in [-0.3, -0.25) is 14.0 Å². The van der Waals surface area contributed by atoms with E-state index in [0.717, 1.165) is 72.5 Å². The molecule has 0 bridgehead atoms. The van der Waals surface area contributed by atoms with Crippen LogP contribution in [0.2, 0.25) is 19.6 Å². The van der Waals surface area contributed by atoms with Crippen molar-refractivity contribution in [2.45, 2.75) is 98.2 Å². The van der Waals surface area contributed by atoms with E-state index in [2.05, 4.69) is 189 Å². The zero-order valence-corrected chi connectivity index (χ0v) is 39.1. The van der Waals surface area contributed by atoms with E-state index >= 15 is 0 Å². The third-order valence-corrected chi connectivity index (χ3v) is 14.3.